The highest BCUT2D eigenvalue weighted by Crippen LogP contribution is 2.44. The molecule has 0 aromatic carbocycles. The van der Waals surface area contributed by atoms with Crippen molar-refractivity contribution in [1.29, 1.82) is 0 Å². The molecule has 1 fully saturated rings. The van der Waals surface area contributed by atoms with Crippen molar-refractivity contribution in [2.75, 3.05) is 32.8 Å². The maximum atomic E-state index is 12.1. The van der Waals surface area contributed by atoms with Crippen molar-refractivity contribution in [3.05, 3.63) is 33.3 Å². The summed E-state index contributed by atoms with van der Waals surface area (Å²) >= 11 is 1.94. The summed E-state index contributed by atoms with van der Waals surface area (Å²) in [5.41, 5.74) is 8.10. The zero-order chi connectivity index (χ0) is 22.6. The Hall–Kier alpha value is -1.65. The van der Waals surface area contributed by atoms with Crippen LogP contribution in [0.15, 0.2) is 18.0 Å². The molecule has 1 amide bonds. The van der Waals surface area contributed by atoms with Crippen LogP contribution < -0.4 is 16.9 Å². The SMILES string of the molecule is CCc1cc2c(s1)CCOC21CCN(C/C(N)=C/N(N)C(C)C(=O)NCC(C)O)CC1. The minimum absolute atomic E-state index is 0.150. The molecule has 1 aromatic rings. The first-order valence-corrected chi connectivity index (χ1v) is 12.0. The number of carbonyl (C=O) groups is 1. The Morgan fingerprint density at radius 2 is 2.16 bits per heavy atom. The summed E-state index contributed by atoms with van der Waals surface area (Å²) < 4.78 is 6.35. The second-order valence-corrected chi connectivity index (χ2v) is 9.91. The lowest BCUT2D eigenvalue weighted by atomic mass is 9.82. The third-order valence-electron chi connectivity index (χ3n) is 6.19. The number of hydrogen-bond donors (Lipinski definition) is 4. The molecule has 2 aliphatic rings. The van der Waals surface area contributed by atoms with E-state index in [1.54, 1.807) is 20.0 Å². The number of rotatable bonds is 8. The molecule has 8 nitrogen and oxygen atoms in total. The number of likely N-dealkylation sites (tertiary alicyclic amines) is 1. The maximum Gasteiger partial charge on any atom is 0.244 e. The second kappa shape index (κ2) is 10.3. The normalized spacial score (nSPS) is 20.9. The molecule has 0 saturated carbocycles. The fourth-order valence-electron chi connectivity index (χ4n) is 4.27. The summed E-state index contributed by atoms with van der Waals surface area (Å²) in [4.78, 5) is 17.4. The van der Waals surface area contributed by atoms with E-state index < -0.39 is 12.1 Å². The molecular weight excluding hydrogens is 414 g/mol. The fraction of sp³-hybridized carbons (Fsp3) is 0.682. The van der Waals surface area contributed by atoms with Crippen molar-refractivity contribution in [1.82, 2.24) is 15.2 Å². The lowest BCUT2D eigenvalue weighted by Crippen LogP contribution is -2.48. The van der Waals surface area contributed by atoms with E-state index in [1.807, 2.05) is 11.3 Å². The van der Waals surface area contributed by atoms with Gasteiger partial charge < -0.3 is 25.9 Å². The van der Waals surface area contributed by atoms with Crippen molar-refractivity contribution in [2.24, 2.45) is 11.6 Å². The highest BCUT2D eigenvalue weighted by molar-refractivity contribution is 7.12. The summed E-state index contributed by atoms with van der Waals surface area (Å²) in [6, 6.07) is 1.78. The van der Waals surface area contributed by atoms with Gasteiger partial charge in [0.25, 0.3) is 0 Å². The molecule has 174 valence electrons. The number of fused-ring (bicyclic) bond motifs is 2. The average molecular weight is 452 g/mol. The molecule has 1 spiro atoms. The van der Waals surface area contributed by atoms with Gasteiger partial charge >= 0.3 is 0 Å². The number of piperidine rings is 1. The lowest BCUT2D eigenvalue weighted by molar-refractivity contribution is -0.125. The molecular formula is C22H37N5O3S. The van der Waals surface area contributed by atoms with Crippen molar-refractivity contribution in [3.63, 3.8) is 0 Å². The van der Waals surface area contributed by atoms with Crippen LogP contribution in [0.1, 0.15) is 48.9 Å². The molecule has 1 aromatic heterocycles. The maximum absolute atomic E-state index is 12.1. The van der Waals surface area contributed by atoms with Gasteiger partial charge in [-0.15, -0.1) is 11.3 Å². The predicted octanol–water partition coefficient (Wildman–Crippen LogP) is 1.04. The van der Waals surface area contributed by atoms with E-state index in [0.29, 0.717) is 12.2 Å². The third-order valence-corrected chi connectivity index (χ3v) is 7.53. The van der Waals surface area contributed by atoms with E-state index in [4.69, 9.17) is 16.3 Å². The Morgan fingerprint density at radius 1 is 1.45 bits per heavy atom. The van der Waals surface area contributed by atoms with Gasteiger partial charge in [-0.25, -0.2) is 5.84 Å². The first-order valence-electron chi connectivity index (χ1n) is 11.2. The minimum Gasteiger partial charge on any atom is -0.400 e. The zero-order valence-corrected chi connectivity index (χ0v) is 19.7. The minimum atomic E-state index is -0.600. The molecule has 0 aliphatic carbocycles. The Labute approximate surface area is 189 Å². The van der Waals surface area contributed by atoms with E-state index >= 15 is 0 Å². The van der Waals surface area contributed by atoms with Gasteiger partial charge in [0, 0.05) is 54.3 Å². The molecule has 2 aliphatic heterocycles. The van der Waals surface area contributed by atoms with Crippen molar-refractivity contribution in [2.45, 2.75) is 64.2 Å². The summed E-state index contributed by atoms with van der Waals surface area (Å²) in [5, 5.41) is 13.3. The lowest BCUT2D eigenvalue weighted by Gasteiger charge is -2.44. The van der Waals surface area contributed by atoms with E-state index in [1.165, 1.54) is 20.3 Å². The number of aryl methyl sites for hydroxylation is 1. The molecule has 9 heteroatoms. The molecule has 31 heavy (non-hydrogen) atoms. The number of amides is 1. The molecule has 0 bridgehead atoms. The van der Waals surface area contributed by atoms with Gasteiger partial charge in [-0.3, -0.25) is 9.69 Å². The Morgan fingerprint density at radius 3 is 2.81 bits per heavy atom. The van der Waals surface area contributed by atoms with E-state index in [9.17, 15) is 9.90 Å². The van der Waals surface area contributed by atoms with Crippen LogP contribution in [0, 0.1) is 0 Å². The number of carbonyl (C=O) groups excluding carboxylic acids is 1. The van der Waals surface area contributed by atoms with Crippen LogP contribution in [0.2, 0.25) is 0 Å². The van der Waals surface area contributed by atoms with Crippen LogP contribution in [-0.4, -0.2) is 65.9 Å². The molecule has 1 saturated heterocycles. The first-order chi connectivity index (χ1) is 14.7. The number of aliphatic hydroxyl groups is 1. The predicted molar refractivity (Wildman–Crippen MR) is 123 cm³/mol. The van der Waals surface area contributed by atoms with Gasteiger partial charge in [0.1, 0.15) is 6.04 Å². The quantitative estimate of drug-likeness (QED) is 0.345. The highest BCUT2D eigenvalue weighted by atomic mass is 32.1. The number of hydrazine groups is 1. The summed E-state index contributed by atoms with van der Waals surface area (Å²) in [6.45, 7) is 8.93. The van der Waals surface area contributed by atoms with E-state index in [2.05, 4.69) is 23.2 Å². The monoisotopic (exact) mass is 451 g/mol. The van der Waals surface area contributed by atoms with Crippen LogP contribution in [0.4, 0.5) is 0 Å². The average Bonchev–Trinajstić information content (AvgIpc) is 3.18. The van der Waals surface area contributed by atoms with E-state index in [-0.39, 0.29) is 18.1 Å². The topological polar surface area (TPSA) is 117 Å². The third kappa shape index (κ3) is 5.78. The summed E-state index contributed by atoms with van der Waals surface area (Å²) in [6.07, 6.45) is 5.04. The van der Waals surface area contributed by atoms with Crippen molar-refractivity contribution in [3.8, 4) is 0 Å². The Balaban J connectivity index is 1.54. The van der Waals surface area contributed by atoms with Gasteiger partial charge in [0.2, 0.25) is 5.91 Å². The molecule has 3 heterocycles. The van der Waals surface area contributed by atoms with Crippen LogP contribution >= 0.6 is 11.3 Å². The standard InChI is InChI=1S/C22H37N5O3S/c1-4-18-11-19-20(31-18)5-10-30-22(19)6-8-26(9-7-22)13-17(23)14-27(24)16(3)21(29)25-12-15(2)28/h11,14-16,28H,4-10,12-13,23-24H2,1-3H3,(H,25,29)/b17-14-. The fourth-order valence-corrected chi connectivity index (χ4v) is 5.44. The van der Waals surface area contributed by atoms with Gasteiger partial charge in [-0.2, -0.15) is 0 Å². The van der Waals surface area contributed by atoms with Crippen LogP contribution in [0.5, 0.6) is 0 Å². The number of aliphatic hydroxyl groups excluding tert-OH is 1. The van der Waals surface area contributed by atoms with Gasteiger partial charge in [-0.1, -0.05) is 6.92 Å². The first kappa shape index (κ1) is 24.0. The van der Waals surface area contributed by atoms with Gasteiger partial charge in [0.05, 0.1) is 18.3 Å². The molecule has 2 unspecified atom stereocenters. The smallest absolute Gasteiger partial charge is 0.244 e. The number of ether oxygens (including phenoxy) is 1. The zero-order valence-electron chi connectivity index (χ0n) is 18.9. The summed E-state index contributed by atoms with van der Waals surface area (Å²) in [7, 11) is 0. The number of nitrogens with one attached hydrogen (secondary N) is 1. The second-order valence-electron chi connectivity index (χ2n) is 8.69. The molecule has 2 atom stereocenters. The summed E-state index contributed by atoms with van der Waals surface area (Å²) in [5.74, 6) is 5.78. The number of nitrogens with zero attached hydrogens (tertiary/aromatic N) is 2. The molecule has 3 rings (SSSR count). The van der Waals surface area contributed by atoms with Gasteiger partial charge in [0.15, 0.2) is 0 Å². The van der Waals surface area contributed by atoms with Crippen molar-refractivity contribution < 1.29 is 14.6 Å². The van der Waals surface area contributed by atoms with Gasteiger partial charge in [-0.05, 0) is 44.7 Å². The van der Waals surface area contributed by atoms with Crippen LogP contribution in [0.25, 0.3) is 0 Å². The van der Waals surface area contributed by atoms with E-state index in [0.717, 1.165) is 45.4 Å². The van der Waals surface area contributed by atoms with Crippen LogP contribution in [0.3, 0.4) is 0 Å². The Kier molecular flexibility index (Phi) is 7.98. The largest absolute Gasteiger partial charge is 0.400 e. The molecule has 6 N–H and O–H groups in total. The number of thiophene rings is 1. The number of nitrogens with two attached hydrogens (primary N) is 2. The number of hydrogen-bond acceptors (Lipinski definition) is 8. The molecule has 0 radical (unpaired) electrons. The highest BCUT2D eigenvalue weighted by Gasteiger charge is 2.41. The Bertz CT molecular complexity index is 786. The van der Waals surface area contributed by atoms with Crippen molar-refractivity contribution >= 4 is 17.2 Å². The van der Waals surface area contributed by atoms with Crippen LogP contribution in [-0.2, 0) is 28.0 Å².